The molecule has 1 N–H and O–H groups in total. The highest BCUT2D eigenvalue weighted by molar-refractivity contribution is 5.55. The van der Waals surface area contributed by atoms with E-state index in [9.17, 15) is 13.2 Å². The summed E-state index contributed by atoms with van der Waals surface area (Å²) in [5.74, 6) is 2.42. The molecule has 2 rings (SSSR count). The van der Waals surface area contributed by atoms with Crippen molar-refractivity contribution in [2.24, 2.45) is 0 Å². The van der Waals surface area contributed by atoms with Crippen molar-refractivity contribution in [1.29, 1.82) is 0 Å². The maximum absolute atomic E-state index is 13.1. The summed E-state index contributed by atoms with van der Waals surface area (Å²) in [6.07, 6.45) is 4.66. The van der Waals surface area contributed by atoms with E-state index in [1.165, 1.54) is 12.5 Å². The van der Waals surface area contributed by atoms with Gasteiger partial charge in [0.2, 0.25) is 0 Å². The molecule has 5 heteroatoms. The van der Waals surface area contributed by atoms with Gasteiger partial charge in [-0.25, -0.2) is 5.01 Å². The molecular weight excluding hydrogens is 277 g/mol. The summed E-state index contributed by atoms with van der Waals surface area (Å²) >= 11 is 0. The Morgan fingerprint density at radius 2 is 1.90 bits per heavy atom. The number of hydrazine groups is 1. The third-order valence-corrected chi connectivity index (χ3v) is 3.64. The largest absolute Gasteiger partial charge is 0.416 e. The zero-order valence-electron chi connectivity index (χ0n) is 11.8. The molecule has 0 bridgehead atoms. The zero-order chi connectivity index (χ0) is 15.3. The number of halogens is 3. The minimum absolute atomic E-state index is 0.225. The van der Waals surface area contributed by atoms with Gasteiger partial charge in [0, 0.05) is 19.5 Å². The van der Waals surface area contributed by atoms with Gasteiger partial charge in [-0.05, 0) is 37.0 Å². The van der Waals surface area contributed by atoms with E-state index < -0.39 is 11.7 Å². The van der Waals surface area contributed by atoms with Gasteiger partial charge in [0.25, 0.3) is 0 Å². The number of terminal acetylenes is 1. The minimum Gasteiger partial charge on any atom is -0.319 e. The number of anilines is 1. The molecule has 1 aliphatic heterocycles. The fourth-order valence-electron chi connectivity index (χ4n) is 2.60. The Bertz CT molecular complexity index is 511. The number of nitrogens with zero attached hydrogens (tertiary/aromatic N) is 1. The van der Waals surface area contributed by atoms with E-state index in [0.717, 1.165) is 32.0 Å². The van der Waals surface area contributed by atoms with E-state index in [4.69, 9.17) is 6.42 Å². The average molecular weight is 296 g/mol. The molecule has 0 unspecified atom stereocenters. The Hall–Kier alpha value is -1.67. The van der Waals surface area contributed by atoms with Gasteiger partial charge in [-0.2, -0.15) is 13.2 Å². The van der Waals surface area contributed by atoms with Gasteiger partial charge >= 0.3 is 6.18 Å². The molecule has 2 nitrogen and oxygen atoms in total. The average Bonchev–Trinajstić information content (AvgIpc) is 2.46. The van der Waals surface area contributed by atoms with Crippen molar-refractivity contribution in [2.45, 2.75) is 38.3 Å². The molecule has 21 heavy (non-hydrogen) atoms. The van der Waals surface area contributed by atoms with Crippen molar-refractivity contribution in [1.82, 2.24) is 5.01 Å². The predicted octanol–water partition coefficient (Wildman–Crippen LogP) is 4.08. The number of benzene rings is 1. The molecule has 1 heterocycles. The monoisotopic (exact) mass is 296 g/mol. The molecule has 114 valence electrons. The molecule has 0 radical (unpaired) electrons. The van der Waals surface area contributed by atoms with E-state index in [0.29, 0.717) is 12.1 Å². The maximum atomic E-state index is 13.1. The lowest BCUT2D eigenvalue weighted by Crippen LogP contribution is -2.35. The van der Waals surface area contributed by atoms with Crippen LogP contribution < -0.4 is 5.43 Å². The standard InChI is InChI=1S/C16H19F3N2/c1-2-3-8-13-14(16(17,18)19)9-7-10-15(13)20-21-11-5-4-6-12-21/h1,7,9-10,20H,3-6,8,11-12H2. The second kappa shape index (κ2) is 6.86. The Balaban J connectivity index is 2.28. The van der Waals surface area contributed by atoms with E-state index in [1.807, 2.05) is 5.01 Å². The Labute approximate surface area is 123 Å². The molecule has 1 fully saturated rings. The summed E-state index contributed by atoms with van der Waals surface area (Å²) in [5, 5.41) is 1.98. The highest BCUT2D eigenvalue weighted by atomic mass is 19.4. The fraction of sp³-hybridized carbons (Fsp3) is 0.500. The van der Waals surface area contributed by atoms with Crippen molar-refractivity contribution in [3.05, 3.63) is 29.3 Å². The summed E-state index contributed by atoms with van der Waals surface area (Å²) in [4.78, 5) is 0. The Kier molecular flexibility index (Phi) is 5.13. The highest BCUT2D eigenvalue weighted by Crippen LogP contribution is 2.36. The van der Waals surface area contributed by atoms with Crippen LogP contribution in [0.2, 0.25) is 0 Å². The number of hydrogen-bond donors (Lipinski definition) is 1. The van der Waals surface area contributed by atoms with Crippen LogP contribution in [0.4, 0.5) is 18.9 Å². The molecule has 0 aromatic heterocycles. The van der Waals surface area contributed by atoms with Gasteiger partial charge in [-0.3, -0.25) is 0 Å². The van der Waals surface area contributed by atoms with Crippen molar-refractivity contribution in [3.63, 3.8) is 0 Å². The van der Waals surface area contributed by atoms with E-state index in [2.05, 4.69) is 11.3 Å². The summed E-state index contributed by atoms with van der Waals surface area (Å²) in [5.41, 5.74) is 3.31. The lowest BCUT2D eigenvalue weighted by Gasteiger charge is -2.29. The van der Waals surface area contributed by atoms with Gasteiger partial charge in [-0.15, -0.1) is 12.3 Å². The zero-order valence-corrected chi connectivity index (χ0v) is 11.8. The van der Waals surface area contributed by atoms with E-state index in [1.54, 1.807) is 6.07 Å². The fourth-order valence-corrected chi connectivity index (χ4v) is 2.60. The molecule has 0 saturated carbocycles. The van der Waals surface area contributed by atoms with Crippen LogP contribution in [0.3, 0.4) is 0 Å². The molecule has 1 aromatic carbocycles. The second-order valence-corrected chi connectivity index (χ2v) is 5.19. The number of alkyl halides is 3. The van der Waals surface area contributed by atoms with Gasteiger partial charge in [0.1, 0.15) is 0 Å². The second-order valence-electron chi connectivity index (χ2n) is 5.19. The molecule has 1 aliphatic rings. The Morgan fingerprint density at radius 1 is 1.19 bits per heavy atom. The van der Waals surface area contributed by atoms with Gasteiger partial charge in [-0.1, -0.05) is 12.5 Å². The summed E-state index contributed by atoms with van der Waals surface area (Å²) in [6, 6.07) is 4.25. The minimum atomic E-state index is -4.36. The third-order valence-electron chi connectivity index (χ3n) is 3.64. The summed E-state index contributed by atoms with van der Waals surface area (Å²) in [6.45, 7) is 1.70. The molecule has 1 saturated heterocycles. The number of nitrogens with one attached hydrogen (secondary N) is 1. The molecule has 0 spiro atoms. The molecule has 0 amide bonds. The number of hydrogen-bond acceptors (Lipinski definition) is 2. The lowest BCUT2D eigenvalue weighted by atomic mass is 10.0. The van der Waals surface area contributed by atoms with Crippen molar-refractivity contribution in [3.8, 4) is 12.3 Å². The normalized spacial score (nSPS) is 16.5. The van der Waals surface area contributed by atoms with E-state index in [-0.39, 0.29) is 12.0 Å². The van der Waals surface area contributed by atoms with Crippen LogP contribution in [0, 0.1) is 12.3 Å². The van der Waals surface area contributed by atoms with Crippen LogP contribution in [-0.4, -0.2) is 18.1 Å². The molecular formula is C16H19F3N2. The predicted molar refractivity (Wildman–Crippen MR) is 77.6 cm³/mol. The molecule has 0 aliphatic carbocycles. The van der Waals surface area contributed by atoms with E-state index >= 15 is 0 Å². The SMILES string of the molecule is C#CCCc1c(NN2CCCCC2)cccc1C(F)(F)F. The van der Waals surface area contributed by atoms with Crippen LogP contribution in [0.5, 0.6) is 0 Å². The smallest absolute Gasteiger partial charge is 0.319 e. The third kappa shape index (κ3) is 4.15. The van der Waals surface area contributed by atoms with Crippen LogP contribution in [0.25, 0.3) is 0 Å². The van der Waals surface area contributed by atoms with Crippen molar-refractivity contribution < 1.29 is 13.2 Å². The topological polar surface area (TPSA) is 15.3 Å². The summed E-state index contributed by atoms with van der Waals surface area (Å²) < 4.78 is 39.4. The summed E-state index contributed by atoms with van der Waals surface area (Å²) in [7, 11) is 0. The Morgan fingerprint density at radius 3 is 2.52 bits per heavy atom. The first-order valence-corrected chi connectivity index (χ1v) is 7.16. The van der Waals surface area contributed by atoms with Gasteiger partial charge < -0.3 is 5.43 Å². The first-order chi connectivity index (χ1) is 10.0. The van der Waals surface area contributed by atoms with Crippen molar-refractivity contribution >= 4 is 5.69 Å². The molecule has 0 atom stereocenters. The first kappa shape index (κ1) is 15.7. The maximum Gasteiger partial charge on any atom is 0.416 e. The first-order valence-electron chi connectivity index (χ1n) is 7.16. The van der Waals surface area contributed by atoms with Crippen LogP contribution in [-0.2, 0) is 12.6 Å². The van der Waals surface area contributed by atoms with Gasteiger partial charge in [0.15, 0.2) is 0 Å². The quantitative estimate of drug-likeness (QED) is 0.842. The van der Waals surface area contributed by atoms with Crippen LogP contribution in [0.15, 0.2) is 18.2 Å². The van der Waals surface area contributed by atoms with Crippen LogP contribution in [0.1, 0.15) is 36.8 Å². The number of piperidine rings is 1. The highest BCUT2D eigenvalue weighted by Gasteiger charge is 2.34. The van der Waals surface area contributed by atoms with Crippen LogP contribution >= 0.6 is 0 Å². The van der Waals surface area contributed by atoms with Gasteiger partial charge in [0.05, 0.1) is 11.3 Å². The van der Waals surface area contributed by atoms with Crippen molar-refractivity contribution in [2.75, 3.05) is 18.5 Å². The number of rotatable bonds is 4. The lowest BCUT2D eigenvalue weighted by molar-refractivity contribution is -0.138. The molecule has 1 aromatic rings.